The second-order valence-corrected chi connectivity index (χ2v) is 5.65. The Morgan fingerprint density at radius 2 is 2.17 bits per heavy atom. The van der Waals surface area contributed by atoms with E-state index in [1.807, 2.05) is 12.1 Å². The molecule has 1 aliphatic carbocycles. The standard InChI is InChI=1S/C14H17BrN2O/c15-13-7-12(6-5-10(13)8-16)17-9-11-3-1-2-4-14(11)18/h5-7,11,14,17-18H,1-4,9H2. The van der Waals surface area contributed by atoms with Gasteiger partial charge >= 0.3 is 0 Å². The number of halogens is 1. The zero-order valence-electron chi connectivity index (χ0n) is 10.2. The maximum atomic E-state index is 9.89. The third-order valence-corrected chi connectivity index (χ3v) is 4.18. The minimum absolute atomic E-state index is 0.173. The van der Waals surface area contributed by atoms with E-state index in [1.165, 1.54) is 6.42 Å². The zero-order valence-corrected chi connectivity index (χ0v) is 11.8. The van der Waals surface area contributed by atoms with Crippen LogP contribution in [-0.2, 0) is 0 Å². The molecule has 1 saturated carbocycles. The number of anilines is 1. The van der Waals surface area contributed by atoms with E-state index in [4.69, 9.17) is 5.26 Å². The molecule has 2 atom stereocenters. The second kappa shape index (κ2) is 6.21. The van der Waals surface area contributed by atoms with Crippen molar-refractivity contribution in [1.29, 1.82) is 5.26 Å². The summed E-state index contributed by atoms with van der Waals surface area (Å²) >= 11 is 3.37. The first-order valence-electron chi connectivity index (χ1n) is 6.32. The van der Waals surface area contributed by atoms with Gasteiger partial charge in [-0.25, -0.2) is 0 Å². The summed E-state index contributed by atoms with van der Waals surface area (Å²) in [5, 5.41) is 22.1. The molecule has 0 saturated heterocycles. The number of benzene rings is 1. The summed E-state index contributed by atoms with van der Waals surface area (Å²) < 4.78 is 0.805. The lowest BCUT2D eigenvalue weighted by atomic mass is 9.86. The molecule has 0 aliphatic heterocycles. The Morgan fingerprint density at radius 3 is 2.83 bits per heavy atom. The average Bonchev–Trinajstić information content (AvgIpc) is 2.38. The molecule has 0 spiro atoms. The van der Waals surface area contributed by atoms with E-state index in [1.54, 1.807) is 6.07 Å². The Labute approximate surface area is 116 Å². The van der Waals surface area contributed by atoms with Crippen LogP contribution in [-0.4, -0.2) is 17.8 Å². The first-order valence-corrected chi connectivity index (χ1v) is 7.11. The second-order valence-electron chi connectivity index (χ2n) is 4.80. The maximum absolute atomic E-state index is 9.89. The van der Waals surface area contributed by atoms with Crippen molar-refractivity contribution in [3.63, 3.8) is 0 Å². The van der Waals surface area contributed by atoms with Crippen molar-refractivity contribution in [1.82, 2.24) is 0 Å². The van der Waals surface area contributed by atoms with Crippen LogP contribution in [0.15, 0.2) is 22.7 Å². The lowest BCUT2D eigenvalue weighted by Gasteiger charge is -2.28. The van der Waals surface area contributed by atoms with E-state index >= 15 is 0 Å². The van der Waals surface area contributed by atoms with Crippen molar-refractivity contribution in [3.05, 3.63) is 28.2 Å². The lowest BCUT2D eigenvalue weighted by Crippen LogP contribution is -2.30. The van der Waals surface area contributed by atoms with E-state index in [2.05, 4.69) is 27.3 Å². The molecule has 96 valence electrons. The molecule has 0 heterocycles. The van der Waals surface area contributed by atoms with Crippen LogP contribution in [0.5, 0.6) is 0 Å². The van der Waals surface area contributed by atoms with Gasteiger partial charge in [-0.15, -0.1) is 0 Å². The molecule has 3 nitrogen and oxygen atoms in total. The maximum Gasteiger partial charge on any atom is 0.100 e. The summed E-state index contributed by atoms with van der Waals surface area (Å²) in [6, 6.07) is 7.73. The van der Waals surface area contributed by atoms with Gasteiger partial charge in [0, 0.05) is 22.6 Å². The fourth-order valence-electron chi connectivity index (χ4n) is 2.39. The lowest BCUT2D eigenvalue weighted by molar-refractivity contribution is 0.0763. The highest BCUT2D eigenvalue weighted by molar-refractivity contribution is 9.10. The Morgan fingerprint density at radius 1 is 1.39 bits per heavy atom. The van der Waals surface area contributed by atoms with E-state index in [0.29, 0.717) is 11.5 Å². The third-order valence-electron chi connectivity index (χ3n) is 3.53. The van der Waals surface area contributed by atoms with Gasteiger partial charge in [0.15, 0.2) is 0 Å². The molecule has 2 N–H and O–H groups in total. The Balaban J connectivity index is 1.94. The van der Waals surface area contributed by atoms with Gasteiger partial charge < -0.3 is 10.4 Å². The predicted molar refractivity (Wildman–Crippen MR) is 75.3 cm³/mol. The Hall–Kier alpha value is -1.05. The Kier molecular flexibility index (Phi) is 4.62. The van der Waals surface area contributed by atoms with Crippen LogP contribution in [0.2, 0.25) is 0 Å². The number of hydrogen-bond donors (Lipinski definition) is 2. The number of nitrogens with one attached hydrogen (secondary N) is 1. The van der Waals surface area contributed by atoms with Gasteiger partial charge in [-0.1, -0.05) is 12.8 Å². The van der Waals surface area contributed by atoms with Crippen LogP contribution in [0.4, 0.5) is 5.69 Å². The fourth-order valence-corrected chi connectivity index (χ4v) is 2.86. The minimum atomic E-state index is -0.173. The van der Waals surface area contributed by atoms with E-state index in [9.17, 15) is 5.11 Å². The number of rotatable bonds is 3. The van der Waals surface area contributed by atoms with E-state index in [0.717, 1.165) is 36.0 Å². The Bertz CT molecular complexity index is 456. The normalized spacial score (nSPS) is 23.4. The third kappa shape index (κ3) is 3.24. The molecule has 1 aliphatic rings. The van der Waals surface area contributed by atoms with Crippen LogP contribution >= 0.6 is 15.9 Å². The van der Waals surface area contributed by atoms with Crippen molar-refractivity contribution in [2.75, 3.05) is 11.9 Å². The number of hydrogen-bond acceptors (Lipinski definition) is 3. The molecule has 1 aromatic carbocycles. The largest absolute Gasteiger partial charge is 0.393 e. The monoisotopic (exact) mass is 308 g/mol. The molecule has 2 rings (SSSR count). The highest BCUT2D eigenvalue weighted by Crippen LogP contribution is 2.26. The molecule has 18 heavy (non-hydrogen) atoms. The first-order chi connectivity index (χ1) is 8.70. The molecule has 4 heteroatoms. The number of nitrogens with zero attached hydrogens (tertiary/aromatic N) is 1. The highest BCUT2D eigenvalue weighted by atomic mass is 79.9. The average molecular weight is 309 g/mol. The van der Waals surface area contributed by atoms with Crippen LogP contribution in [0.3, 0.4) is 0 Å². The molecule has 0 aromatic heterocycles. The first kappa shape index (κ1) is 13.4. The van der Waals surface area contributed by atoms with Gasteiger partial charge in [0.2, 0.25) is 0 Å². The van der Waals surface area contributed by atoms with Crippen molar-refractivity contribution < 1.29 is 5.11 Å². The van der Waals surface area contributed by atoms with Crippen LogP contribution in [0.25, 0.3) is 0 Å². The highest BCUT2D eigenvalue weighted by Gasteiger charge is 2.22. The summed E-state index contributed by atoms with van der Waals surface area (Å²) in [6.45, 7) is 0.791. The van der Waals surface area contributed by atoms with E-state index < -0.39 is 0 Å². The number of aliphatic hydroxyl groups is 1. The van der Waals surface area contributed by atoms with Crippen LogP contribution in [0.1, 0.15) is 31.2 Å². The molecule has 0 amide bonds. The van der Waals surface area contributed by atoms with Gasteiger partial charge in [0.05, 0.1) is 11.7 Å². The minimum Gasteiger partial charge on any atom is -0.393 e. The summed E-state index contributed by atoms with van der Waals surface area (Å²) in [4.78, 5) is 0. The summed E-state index contributed by atoms with van der Waals surface area (Å²) in [7, 11) is 0. The van der Waals surface area contributed by atoms with Crippen molar-refractivity contribution in [3.8, 4) is 6.07 Å². The molecular weight excluding hydrogens is 292 g/mol. The summed E-state index contributed by atoms with van der Waals surface area (Å²) in [5.41, 5.74) is 1.62. The van der Waals surface area contributed by atoms with Gasteiger partial charge in [-0.05, 0) is 47.0 Å². The molecule has 0 bridgehead atoms. The quantitative estimate of drug-likeness (QED) is 0.901. The fraction of sp³-hybridized carbons (Fsp3) is 0.500. The van der Waals surface area contributed by atoms with Gasteiger partial charge in [-0.3, -0.25) is 0 Å². The summed E-state index contributed by atoms with van der Waals surface area (Å²) in [6.07, 6.45) is 4.18. The van der Waals surface area contributed by atoms with Gasteiger partial charge in [0.1, 0.15) is 6.07 Å². The smallest absolute Gasteiger partial charge is 0.100 e. The molecular formula is C14H17BrN2O. The van der Waals surface area contributed by atoms with E-state index in [-0.39, 0.29) is 6.10 Å². The van der Waals surface area contributed by atoms with Crippen LogP contribution in [0, 0.1) is 17.2 Å². The summed E-state index contributed by atoms with van der Waals surface area (Å²) in [5.74, 6) is 0.341. The number of aliphatic hydroxyl groups excluding tert-OH is 1. The number of nitriles is 1. The predicted octanol–water partition coefficient (Wildman–Crippen LogP) is 3.28. The van der Waals surface area contributed by atoms with Crippen molar-refractivity contribution >= 4 is 21.6 Å². The molecule has 2 unspecified atom stereocenters. The SMILES string of the molecule is N#Cc1ccc(NCC2CCCCC2O)cc1Br. The van der Waals surface area contributed by atoms with Crippen molar-refractivity contribution in [2.45, 2.75) is 31.8 Å². The van der Waals surface area contributed by atoms with Gasteiger partial charge in [-0.2, -0.15) is 5.26 Å². The molecule has 1 aromatic rings. The zero-order chi connectivity index (χ0) is 13.0. The van der Waals surface area contributed by atoms with Gasteiger partial charge in [0.25, 0.3) is 0 Å². The topological polar surface area (TPSA) is 56.0 Å². The van der Waals surface area contributed by atoms with Crippen molar-refractivity contribution in [2.24, 2.45) is 5.92 Å². The molecule has 0 radical (unpaired) electrons. The molecule has 1 fully saturated rings. The van der Waals surface area contributed by atoms with Crippen LogP contribution < -0.4 is 5.32 Å².